The molecule has 0 atom stereocenters. The third-order valence-corrected chi connectivity index (χ3v) is 4.82. The van der Waals surface area contributed by atoms with Crippen molar-refractivity contribution in [2.75, 3.05) is 13.2 Å². The summed E-state index contributed by atoms with van der Waals surface area (Å²) in [6.07, 6.45) is 5.71. The quantitative estimate of drug-likeness (QED) is 0.469. The van der Waals surface area contributed by atoms with E-state index in [0.717, 1.165) is 38.5 Å². The Morgan fingerprint density at radius 1 is 0.500 bits per heavy atom. The lowest BCUT2D eigenvalue weighted by molar-refractivity contribution is 0.284. The highest BCUT2D eigenvalue weighted by Gasteiger charge is 2.13. The number of benzene rings is 3. The lowest BCUT2D eigenvalue weighted by Crippen LogP contribution is -1.98. The summed E-state index contributed by atoms with van der Waals surface area (Å²) in [6.45, 7) is 0.518. The van der Waals surface area contributed by atoms with Crippen molar-refractivity contribution in [3.63, 3.8) is 0 Å². The monoisotopic (exact) mass is 322 g/mol. The van der Waals surface area contributed by atoms with Gasteiger partial charge in [0.25, 0.3) is 0 Å². The first-order valence-electron chi connectivity index (χ1n) is 8.99. The molecule has 0 radical (unpaired) electrons. The first-order valence-corrected chi connectivity index (χ1v) is 8.99. The standard InChI is InChI=1S/C22H26O2/c23-15-7-5-13-21-17-9-1-2-10-18(17)22(14-6-8-16-24)20-12-4-3-11-19(20)21/h1-4,9-12,23-24H,5-8,13-16H2. The second-order valence-electron chi connectivity index (χ2n) is 6.41. The summed E-state index contributed by atoms with van der Waals surface area (Å²) >= 11 is 0. The summed E-state index contributed by atoms with van der Waals surface area (Å²) in [6, 6.07) is 17.4. The highest BCUT2D eigenvalue weighted by Crippen LogP contribution is 2.34. The zero-order chi connectivity index (χ0) is 16.8. The number of unbranched alkanes of at least 4 members (excludes halogenated alkanes) is 2. The van der Waals surface area contributed by atoms with Gasteiger partial charge < -0.3 is 10.2 Å². The Hall–Kier alpha value is -1.90. The molecule has 0 aliphatic rings. The van der Waals surface area contributed by atoms with E-state index in [-0.39, 0.29) is 13.2 Å². The van der Waals surface area contributed by atoms with Crippen LogP contribution in [0, 0.1) is 0 Å². The van der Waals surface area contributed by atoms with Crippen LogP contribution in [-0.4, -0.2) is 23.4 Å². The summed E-state index contributed by atoms with van der Waals surface area (Å²) in [5, 5.41) is 23.6. The fraction of sp³-hybridized carbons (Fsp3) is 0.364. The molecule has 0 spiro atoms. The van der Waals surface area contributed by atoms with Crippen molar-refractivity contribution >= 4 is 21.5 Å². The predicted octanol–water partition coefficient (Wildman–Crippen LogP) is 4.62. The maximum atomic E-state index is 9.12. The molecule has 0 amide bonds. The molecule has 0 heterocycles. The molecular formula is C22H26O2. The van der Waals surface area contributed by atoms with E-state index in [0.29, 0.717) is 0 Å². The van der Waals surface area contributed by atoms with Crippen molar-refractivity contribution in [1.29, 1.82) is 0 Å². The van der Waals surface area contributed by atoms with E-state index in [1.54, 1.807) is 0 Å². The van der Waals surface area contributed by atoms with Gasteiger partial charge in [-0.05, 0) is 71.2 Å². The molecule has 0 aliphatic heterocycles. The number of aryl methyl sites for hydroxylation is 2. The van der Waals surface area contributed by atoms with Crippen LogP contribution in [0.2, 0.25) is 0 Å². The predicted molar refractivity (Wildman–Crippen MR) is 102 cm³/mol. The van der Waals surface area contributed by atoms with Crippen molar-refractivity contribution in [2.24, 2.45) is 0 Å². The molecule has 24 heavy (non-hydrogen) atoms. The number of aliphatic hydroxyl groups is 2. The summed E-state index contributed by atoms with van der Waals surface area (Å²) in [4.78, 5) is 0. The second-order valence-corrected chi connectivity index (χ2v) is 6.41. The number of aliphatic hydroxyl groups excluding tert-OH is 2. The maximum Gasteiger partial charge on any atom is 0.0431 e. The van der Waals surface area contributed by atoms with E-state index in [1.165, 1.54) is 32.7 Å². The summed E-state index contributed by atoms with van der Waals surface area (Å²) < 4.78 is 0. The Balaban J connectivity index is 2.17. The third-order valence-electron chi connectivity index (χ3n) is 4.82. The number of rotatable bonds is 8. The van der Waals surface area contributed by atoms with Crippen LogP contribution in [0.25, 0.3) is 21.5 Å². The van der Waals surface area contributed by atoms with Gasteiger partial charge in [0.1, 0.15) is 0 Å². The van der Waals surface area contributed by atoms with Crippen LogP contribution in [0.3, 0.4) is 0 Å². The largest absolute Gasteiger partial charge is 0.396 e. The Kier molecular flexibility index (Phi) is 5.84. The zero-order valence-electron chi connectivity index (χ0n) is 14.2. The molecule has 2 nitrogen and oxygen atoms in total. The first kappa shape index (κ1) is 16.9. The molecule has 0 aromatic heterocycles. The van der Waals surface area contributed by atoms with E-state index in [4.69, 9.17) is 10.2 Å². The van der Waals surface area contributed by atoms with Gasteiger partial charge in [0.15, 0.2) is 0 Å². The fourth-order valence-corrected chi connectivity index (χ4v) is 3.67. The Bertz CT molecular complexity index is 683. The Morgan fingerprint density at radius 3 is 1.12 bits per heavy atom. The van der Waals surface area contributed by atoms with E-state index < -0.39 is 0 Å². The minimum absolute atomic E-state index is 0.259. The Morgan fingerprint density at radius 2 is 0.833 bits per heavy atom. The normalized spacial score (nSPS) is 11.4. The average Bonchev–Trinajstić information content (AvgIpc) is 2.63. The molecule has 126 valence electrons. The molecule has 3 rings (SSSR count). The minimum Gasteiger partial charge on any atom is -0.396 e. The minimum atomic E-state index is 0.259. The van der Waals surface area contributed by atoms with Crippen molar-refractivity contribution in [2.45, 2.75) is 38.5 Å². The van der Waals surface area contributed by atoms with Crippen LogP contribution in [-0.2, 0) is 12.8 Å². The molecule has 0 saturated carbocycles. The van der Waals surface area contributed by atoms with Crippen molar-refractivity contribution in [3.05, 3.63) is 59.7 Å². The highest BCUT2D eigenvalue weighted by molar-refractivity contribution is 6.05. The summed E-state index contributed by atoms with van der Waals surface area (Å²) in [7, 11) is 0. The zero-order valence-corrected chi connectivity index (χ0v) is 14.2. The molecule has 0 bridgehead atoms. The van der Waals surface area contributed by atoms with Gasteiger partial charge in [0.2, 0.25) is 0 Å². The highest BCUT2D eigenvalue weighted by atomic mass is 16.3. The molecule has 2 heteroatoms. The summed E-state index contributed by atoms with van der Waals surface area (Å²) in [5.74, 6) is 0. The van der Waals surface area contributed by atoms with E-state index in [1.807, 2.05) is 0 Å². The number of hydrogen-bond acceptors (Lipinski definition) is 2. The van der Waals surface area contributed by atoms with Crippen molar-refractivity contribution in [3.8, 4) is 0 Å². The molecule has 0 saturated heterocycles. The molecule has 3 aromatic rings. The SMILES string of the molecule is OCCCCc1c2ccccc2c(CCCCO)c2ccccc12. The lowest BCUT2D eigenvalue weighted by Gasteiger charge is -2.17. The van der Waals surface area contributed by atoms with Crippen molar-refractivity contribution in [1.82, 2.24) is 0 Å². The first-order chi connectivity index (χ1) is 11.9. The summed E-state index contributed by atoms with van der Waals surface area (Å²) in [5.41, 5.74) is 2.81. The van der Waals surface area contributed by atoms with Crippen LogP contribution in [0.5, 0.6) is 0 Å². The topological polar surface area (TPSA) is 40.5 Å². The molecule has 3 aromatic carbocycles. The van der Waals surface area contributed by atoms with Crippen LogP contribution in [0.15, 0.2) is 48.5 Å². The van der Waals surface area contributed by atoms with Gasteiger partial charge in [0, 0.05) is 13.2 Å². The molecule has 0 aliphatic carbocycles. The van der Waals surface area contributed by atoms with E-state index >= 15 is 0 Å². The van der Waals surface area contributed by atoms with Gasteiger partial charge in [-0.25, -0.2) is 0 Å². The number of fused-ring (bicyclic) bond motifs is 2. The van der Waals surface area contributed by atoms with Crippen molar-refractivity contribution < 1.29 is 10.2 Å². The average molecular weight is 322 g/mol. The van der Waals surface area contributed by atoms with Gasteiger partial charge in [-0.1, -0.05) is 48.5 Å². The van der Waals surface area contributed by atoms with Crippen LogP contribution in [0.4, 0.5) is 0 Å². The van der Waals surface area contributed by atoms with Gasteiger partial charge in [0.05, 0.1) is 0 Å². The van der Waals surface area contributed by atoms with Gasteiger partial charge >= 0.3 is 0 Å². The fourth-order valence-electron chi connectivity index (χ4n) is 3.67. The van der Waals surface area contributed by atoms with Gasteiger partial charge in [-0.2, -0.15) is 0 Å². The molecule has 0 unspecified atom stereocenters. The van der Waals surface area contributed by atoms with Gasteiger partial charge in [-0.15, -0.1) is 0 Å². The maximum absolute atomic E-state index is 9.12. The van der Waals surface area contributed by atoms with Crippen LogP contribution in [0.1, 0.15) is 36.8 Å². The van der Waals surface area contributed by atoms with Crippen LogP contribution < -0.4 is 0 Å². The smallest absolute Gasteiger partial charge is 0.0431 e. The second kappa shape index (κ2) is 8.27. The van der Waals surface area contributed by atoms with E-state index in [9.17, 15) is 0 Å². The van der Waals surface area contributed by atoms with Crippen LogP contribution >= 0.6 is 0 Å². The third kappa shape index (κ3) is 3.45. The molecule has 2 N–H and O–H groups in total. The van der Waals surface area contributed by atoms with E-state index in [2.05, 4.69) is 48.5 Å². The lowest BCUT2D eigenvalue weighted by atomic mass is 9.88. The molecule has 0 fully saturated rings. The Labute approximate surface area is 143 Å². The van der Waals surface area contributed by atoms with Gasteiger partial charge in [-0.3, -0.25) is 0 Å². The molecular weight excluding hydrogens is 296 g/mol. The number of hydrogen-bond donors (Lipinski definition) is 2.